The van der Waals surface area contributed by atoms with Gasteiger partial charge in [-0.05, 0) is 48.0 Å². The molecule has 1 aliphatic heterocycles. The minimum atomic E-state index is -3.86. The van der Waals surface area contributed by atoms with Gasteiger partial charge in [-0.3, -0.25) is 13.9 Å². The number of amides is 2. The van der Waals surface area contributed by atoms with Crippen LogP contribution >= 0.6 is 0 Å². The SMILES string of the molecule is CN(c1ccccc1)S(=O)(=O)c1cccc(NC(=O)[C@H]2CC(=O)Nc3cc(F)ccc32)c1. The summed E-state index contributed by atoms with van der Waals surface area (Å²) in [6.07, 6.45) is -0.0980. The minimum Gasteiger partial charge on any atom is -0.326 e. The molecule has 0 bridgehead atoms. The number of nitrogens with one attached hydrogen (secondary N) is 2. The Hall–Kier alpha value is -3.72. The largest absolute Gasteiger partial charge is 0.326 e. The van der Waals surface area contributed by atoms with Crippen LogP contribution in [0.1, 0.15) is 17.9 Å². The Morgan fingerprint density at radius 3 is 2.56 bits per heavy atom. The van der Waals surface area contributed by atoms with Crippen LogP contribution in [0.4, 0.5) is 21.5 Å². The lowest BCUT2D eigenvalue weighted by Crippen LogP contribution is -2.31. The van der Waals surface area contributed by atoms with E-state index < -0.39 is 33.6 Å². The van der Waals surface area contributed by atoms with Gasteiger partial charge in [-0.2, -0.15) is 0 Å². The highest BCUT2D eigenvalue weighted by Crippen LogP contribution is 2.34. The highest BCUT2D eigenvalue weighted by Gasteiger charge is 2.31. The van der Waals surface area contributed by atoms with Gasteiger partial charge in [-0.1, -0.05) is 30.3 Å². The number of carbonyl (C=O) groups is 2. The van der Waals surface area contributed by atoms with E-state index in [2.05, 4.69) is 10.6 Å². The van der Waals surface area contributed by atoms with E-state index in [1.807, 2.05) is 0 Å². The van der Waals surface area contributed by atoms with Crippen LogP contribution in [0.2, 0.25) is 0 Å². The van der Waals surface area contributed by atoms with Crippen LogP contribution in [0.25, 0.3) is 0 Å². The third-order valence-corrected chi connectivity index (χ3v) is 7.03. The van der Waals surface area contributed by atoms with E-state index in [1.165, 1.54) is 43.4 Å². The monoisotopic (exact) mass is 453 g/mol. The number of benzene rings is 3. The summed E-state index contributed by atoms with van der Waals surface area (Å²) < 4.78 is 40.8. The van der Waals surface area contributed by atoms with Crippen LogP contribution in [0.15, 0.2) is 77.7 Å². The molecule has 7 nitrogen and oxygen atoms in total. The fourth-order valence-electron chi connectivity index (χ4n) is 3.57. The average molecular weight is 453 g/mol. The molecule has 32 heavy (non-hydrogen) atoms. The highest BCUT2D eigenvalue weighted by molar-refractivity contribution is 7.92. The van der Waals surface area contributed by atoms with Gasteiger partial charge < -0.3 is 10.6 Å². The average Bonchev–Trinajstić information content (AvgIpc) is 2.78. The number of halogens is 1. The Morgan fingerprint density at radius 2 is 1.81 bits per heavy atom. The van der Waals surface area contributed by atoms with Crippen molar-refractivity contribution >= 4 is 38.9 Å². The van der Waals surface area contributed by atoms with E-state index in [4.69, 9.17) is 0 Å². The predicted molar refractivity (Wildman–Crippen MR) is 119 cm³/mol. The van der Waals surface area contributed by atoms with Gasteiger partial charge in [-0.25, -0.2) is 12.8 Å². The molecule has 0 aliphatic carbocycles. The number of para-hydroxylation sites is 1. The van der Waals surface area contributed by atoms with E-state index in [-0.39, 0.29) is 22.7 Å². The number of carbonyl (C=O) groups excluding carboxylic acids is 2. The van der Waals surface area contributed by atoms with Gasteiger partial charge in [0.15, 0.2) is 0 Å². The zero-order chi connectivity index (χ0) is 22.9. The van der Waals surface area contributed by atoms with E-state index in [0.29, 0.717) is 11.3 Å². The Bertz CT molecular complexity index is 1300. The molecule has 0 unspecified atom stereocenters. The first kappa shape index (κ1) is 21.5. The van der Waals surface area contributed by atoms with Crippen molar-refractivity contribution in [2.24, 2.45) is 0 Å². The van der Waals surface area contributed by atoms with Gasteiger partial charge >= 0.3 is 0 Å². The van der Waals surface area contributed by atoms with E-state index in [0.717, 1.165) is 4.31 Å². The number of hydrogen-bond acceptors (Lipinski definition) is 4. The Morgan fingerprint density at radius 1 is 1.06 bits per heavy atom. The molecule has 4 rings (SSSR count). The van der Waals surface area contributed by atoms with Crippen LogP contribution in [-0.2, 0) is 19.6 Å². The minimum absolute atomic E-state index is 0.00510. The zero-order valence-electron chi connectivity index (χ0n) is 17.1. The van der Waals surface area contributed by atoms with Crippen molar-refractivity contribution in [1.29, 1.82) is 0 Å². The molecule has 164 valence electrons. The third-order valence-electron chi connectivity index (χ3n) is 5.25. The Labute approximate surface area is 184 Å². The number of anilines is 3. The fourth-order valence-corrected chi connectivity index (χ4v) is 4.81. The Kier molecular flexibility index (Phi) is 5.67. The summed E-state index contributed by atoms with van der Waals surface area (Å²) in [6.45, 7) is 0. The lowest BCUT2D eigenvalue weighted by molar-refractivity contribution is -0.123. The van der Waals surface area contributed by atoms with Crippen LogP contribution in [0.5, 0.6) is 0 Å². The molecule has 0 saturated heterocycles. The molecule has 2 N–H and O–H groups in total. The molecule has 1 heterocycles. The highest BCUT2D eigenvalue weighted by atomic mass is 32.2. The second kappa shape index (κ2) is 8.43. The first-order valence-electron chi connectivity index (χ1n) is 9.80. The first-order chi connectivity index (χ1) is 15.3. The molecule has 1 atom stereocenters. The summed E-state index contributed by atoms with van der Waals surface area (Å²) in [5.74, 6) is -2.24. The molecule has 2 amide bonds. The molecule has 0 radical (unpaired) electrons. The molecule has 0 fully saturated rings. The molecule has 1 aliphatic rings. The second-order valence-electron chi connectivity index (χ2n) is 7.36. The maximum absolute atomic E-state index is 13.5. The zero-order valence-corrected chi connectivity index (χ0v) is 17.9. The van der Waals surface area contributed by atoms with Crippen molar-refractivity contribution in [3.8, 4) is 0 Å². The van der Waals surface area contributed by atoms with Crippen molar-refractivity contribution in [2.75, 3.05) is 22.0 Å². The van der Waals surface area contributed by atoms with E-state index >= 15 is 0 Å². The number of sulfonamides is 1. The third kappa shape index (κ3) is 4.19. The van der Waals surface area contributed by atoms with Crippen molar-refractivity contribution < 1.29 is 22.4 Å². The van der Waals surface area contributed by atoms with Crippen molar-refractivity contribution in [3.05, 3.63) is 84.2 Å². The van der Waals surface area contributed by atoms with Crippen molar-refractivity contribution in [3.63, 3.8) is 0 Å². The van der Waals surface area contributed by atoms with Gasteiger partial charge in [-0.15, -0.1) is 0 Å². The summed E-state index contributed by atoms with van der Waals surface area (Å²) in [5, 5.41) is 5.25. The summed E-state index contributed by atoms with van der Waals surface area (Å²) in [7, 11) is -2.41. The Balaban J connectivity index is 1.59. The maximum Gasteiger partial charge on any atom is 0.264 e. The summed E-state index contributed by atoms with van der Waals surface area (Å²) >= 11 is 0. The summed E-state index contributed by atoms with van der Waals surface area (Å²) in [5.41, 5.74) is 1.52. The van der Waals surface area contributed by atoms with Crippen LogP contribution < -0.4 is 14.9 Å². The number of rotatable bonds is 5. The second-order valence-corrected chi connectivity index (χ2v) is 9.33. The molecule has 9 heteroatoms. The topological polar surface area (TPSA) is 95.6 Å². The normalized spacial score (nSPS) is 15.4. The maximum atomic E-state index is 13.5. The quantitative estimate of drug-likeness (QED) is 0.616. The lowest BCUT2D eigenvalue weighted by Gasteiger charge is -2.25. The summed E-state index contributed by atoms with van der Waals surface area (Å²) in [6, 6.07) is 18.4. The van der Waals surface area contributed by atoms with Gasteiger partial charge in [0.1, 0.15) is 5.82 Å². The molecule has 3 aromatic carbocycles. The van der Waals surface area contributed by atoms with Gasteiger partial charge in [0.25, 0.3) is 10.0 Å². The lowest BCUT2D eigenvalue weighted by atomic mass is 9.89. The molecule has 3 aromatic rings. The fraction of sp³-hybridized carbons (Fsp3) is 0.130. The van der Waals surface area contributed by atoms with Gasteiger partial charge in [0.05, 0.1) is 16.5 Å². The van der Waals surface area contributed by atoms with Gasteiger partial charge in [0, 0.05) is 24.8 Å². The van der Waals surface area contributed by atoms with Crippen molar-refractivity contribution in [2.45, 2.75) is 17.2 Å². The standard InChI is InChI=1S/C23H20FN3O4S/c1-27(17-7-3-2-4-8-17)32(30,31)18-9-5-6-16(13-18)25-23(29)20-14-22(28)26-21-12-15(24)10-11-19(20)21/h2-13,20H,14H2,1H3,(H,25,29)(H,26,28)/t20-/m0/s1. The molecular weight excluding hydrogens is 433 g/mol. The smallest absolute Gasteiger partial charge is 0.264 e. The van der Waals surface area contributed by atoms with Crippen LogP contribution in [-0.4, -0.2) is 27.3 Å². The first-order valence-corrected chi connectivity index (χ1v) is 11.2. The molecule has 0 spiro atoms. The predicted octanol–water partition coefficient (Wildman–Crippen LogP) is 3.72. The molecule has 0 saturated carbocycles. The van der Waals surface area contributed by atoms with Crippen molar-refractivity contribution in [1.82, 2.24) is 0 Å². The van der Waals surface area contributed by atoms with Crippen LogP contribution in [0.3, 0.4) is 0 Å². The van der Waals surface area contributed by atoms with Gasteiger partial charge in [0.2, 0.25) is 11.8 Å². The molecular formula is C23H20FN3O4S. The van der Waals surface area contributed by atoms with E-state index in [1.54, 1.807) is 36.4 Å². The van der Waals surface area contributed by atoms with Crippen LogP contribution in [0, 0.1) is 5.82 Å². The number of hydrogen-bond donors (Lipinski definition) is 2. The number of nitrogens with zero attached hydrogens (tertiary/aromatic N) is 1. The number of fused-ring (bicyclic) bond motifs is 1. The van der Waals surface area contributed by atoms with E-state index in [9.17, 15) is 22.4 Å². The summed E-state index contributed by atoms with van der Waals surface area (Å²) in [4.78, 5) is 24.9. The molecule has 0 aromatic heterocycles.